The zero-order valence-electron chi connectivity index (χ0n) is 17.9. The molecule has 0 radical (unpaired) electrons. The van der Waals surface area contributed by atoms with E-state index >= 15 is 0 Å². The van der Waals surface area contributed by atoms with Gasteiger partial charge in [0.1, 0.15) is 12.2 Å². The molecule has 0 aromatic heterocycles. The van der Waals surface area contributed by atoms with Crippen LogP contribution in [0.1, 0.15) is 37.6 Å². The van der Waals surface area contributed by atoms with Crippen LogP contribution in [0.3, 0.4) is 0 Å². The zero-order valence-corrected chi connectivity index (χ0v) is 17.9. The topological polar surface area (TPSA) is 89.5 Å². The summed E-state index contributed by atoms with van der Waals surface area (Å²) in [5.74, 6) is -0.942. The summed E-state index contributed by atoms with van der Waals surface area (Å²) in [4.78, 5) is 23.5. The number of carbonyl (C=O) groups is 2. The second kappa shape index (κ2) is 10.2. The molecular weight excluding hydrogens is 416 g/mol. The second-order valence-electron chi connectivity index (χ2n) is 7.65. The number of rotatable bonds is 5. The third kappa shape index (κ3) is 5.34. The molecule has 0 spiro atoms. The lowest BCUT2D eigenvalue weighted by molar-refractivity contribution is -0.333. The van der Waals surface area contributed by atoms with Crippen molar-refractivity contribution in [2.75, 3.05) is 13.2 Å². The van der Waals surface area contributed by atoms with Gasteiger partial charge in [-0.25, -0.2) is 0 Å². The number of hydrogen-bond donors (Lipinski definition) is 0. The highest BCUT2D eigenvalue weighted by Crippen LogP contribution is 2.36. The SMILES string of the molecule is CC(=O)O[C@@H]1CO[C@H](c2ccccc2)O[C@@H]1[C@H]1O[C@@H](c2ccccc2)OC[C@H]1OC(C)=O. The van der Waals surface area contributed by atoms with Crippen molar-refractivity contribution in [1.82, 2.24) is 0 Å². The van der Waals surface area contributed by atoms with Gasteiger partial charge in [-0.3, -0.25) is 9.59 Å². The van der Waals surface area contributed by atoms with Crippen molar-refractivity contribution in [2.24, 2.45) is 0 Å². The Hall–Kier alpha value is -2.78. The summed E-state index contributed by atoms with van der Waals surface area (Å²) in [6.07, 6.45) is -4.37. The van der Waals surface area contributed by atoms with Gasteiger partial charge in [-0.2, -0.15) is 0 Å². The van der Waals surface area contributed by atoms with Crippen molar-refractivity contribution < 1.29 is 38.0 Å². The fourth-order valence-electron chi connectivity index (χ4n) is 3.87. The highest BCUT2D eigenvalue weighted by molar-refractivity contribution is 5.66. The molecule has 0 N–H and O–H groups in total. The van der Waals surface area contributed by atoms with E-state index in [1.165, 1.54) is 13.8 Å². The molecule has 4 rings (SSSR count). The van der Waals surface area contributed by atoms with Gasteiger partial charge in [0.2, 0.25) is 0 Å². The Labute approximate surface area is 186 Å². The summed E-state index contributed by atoms with van der Waals surface area (Å²) in [6, 6.07) is 18.9. The van der Waals surface area contributed by atoms with Gasteiger partial charge >= 0.3 is 11.9 Å². The van der Waals surface area contributed by atoms with Crippen LogP contribution < -0.4 is 0 Å². The Morgan fingerprint density at radius 1 is 0.688 bits per heavy atom. The fourth-order valence-corrected chi connectivity index (χ4v) is 3.87. The molecular formula is C24H26O8. The van der Waals surface area contributed by atoms with Gasteiger partial charge in [0.15, 0.2) is 24.8 Å². The first kappa shape index (κ1) is 22.4. The molecule has 2 saturated heterocycles. The average molecular weight is 442 g/mol. The third-order valence-electron chi connectivity index (χ3n) is 5.22. The summed E-state index contributed by atoms with van der Waals surface area (Å²) in [5, 5.41) is 0. The smallest absolute Gasteiger partial charge is 0.303 e. The van der Waals surface area contributed by atoms with E-state index in [2.05, 4.69) is 0 Å². The van der Waals surface area contributed by atoms with Crippen molar-refractivity contribution in [3.8, 4) is 0 Å². The minimum atomic E-state index is -0.752. The molecule has 0 aliphatic carbocycles. The van der Waals surface area contributed by atoms with E-state index < -0.39 is 48.9 Å². The lowest BCUT2D eigenvalue weighted by Crippen LogP contribution is -2.57. The van der Waals surface area contributed by atoms with Crippen LogP contribution in [0.5, 0.6) is 0 Å². The van der Waals surface area contributed by atoms with Gasteiger partial charge in [0, 0.05) is 25.0 Å². The number of carbonyl (C=O) groups excluding carboxylic acids is 2. The van der Waals surface area contributed by atoms with Gasteiger partial charge in [-0.1, -0.05) is 60.7 Å². The number of ether oxygens (including phenoxy) is 6. The van der Waals surface area contributed by atoms with E-state index in [4.69, 9.17) is 28.4 Å². The van der Waals surface area contributed by atoms with E-state index in [9.17, 15) is 9.59 Å². The Balaban J connectivity index is 1.62. The van der Waals surface area contributed by atoms with Crippen LogP contribution in [0, 0.1) is 0 Å². The van der Waals surface area contributed by atoms with Crippen LogP contribution in [0.4, 0.5) is 0 Å². The van der Waals surface area contributed by atoms with E-state index in [0.29, 0.717) is 0 Å². The van der Waals surface area contributed by atoms with E-state index in [1.807, 2.05) is 60.7 Å². The molecule has 0 unspecified atom stereocenters. The number of esters is 2. The average Bonchev–Trinajstić information content (AvgIpc) is 2.80. The van der Waals surface area contributed by atoms with E-state index in [0.717, 1.165) is 11.1 Å². The zero-order chi connectivity index (χ0) is 22.5. The molecule has 2 aliphatic heterocycles. The van der Waals surface area contributed by atoms with Crippen LogP contribution in [0.2, 0.25) is 0 Å². The summed E-state index contributed by atoms with van der Waals surface area (Å²) in [5.41, 5.74) is 1.63. The minimum Gasteiger partial charge on any atom is -0.457 e. The van der Waals surface area contributed by atoms with Crippen molar-refractivity contribution in [1.29, 1.82) is 0 Å². The van der Waals surface area contributed by atoms with Gasteiger partial charge in [-0.15, -0.1) is 0 Å². The van der Waals surface area contributed by atoms with Crippen molar-refractivity contribution >= 4 is 11.9 Å². The van der Waals surface area contributed by atoms with E-state index in [-0.39, 0.29) is 13.2 Å². The lowest BCUT2D eigenvalue weighted by atomic mass is 10.00. The first-order chi connectivity index (χ1) is 15.5. The van der Waals surface area contributed by atoms with Gasteiger partial charge in [0.25, 0.3) is 0 Å². The Kier molecular flexibility index (Phi) is 7.16. The molecule has 2 heterocycles. The van der Waals surface area contributed by atoms with Crippen LogP contribution in [-0.2, 0) is 38.0 Å². The van der Waals surface area contributed by atoms with Crippen LogP contribution in [-0.4, -0.2) is 49.6 Å². The molecule has 2 aliphatic rings. The van der Waals surface area contributed by atoms with Gasteiger partial charge in [-0.05, 0) is 0 Å². The minimum absolute atomic E-state index is 0.104. The molecule has 0 saturated carbocycles. The molecule has 8 heteroatoms. The number of hydrogen-bond acceptors (Lipinski definition) is 8. The third-order valence-corrected chi connectivity index (χ3v) is 5.22. The van der Waals surface area contributed by atoms with Gasteiger partial charge < -0.3 is 28.4 Å². The molecule has 170 valence electrons. The van der Waals surface area contributed by atoms with E-state index in [1.54, 1.807) is 0 Å². The molecule has 6 atom stereocenters. The lowest BCUT2D eigenvalue weighted by Gasteiger charge is -2.44. The summed E-state index contributed by atoms with van der Waals surface area (Å²) in [7, 11) is 0. The predicted molar refractivity (Wildman–Crippen MR) is 111 cm³/mol. The highest BCUT2D eigenvalue weighted by Gasteiger charge is 2.48. The van der Waals surface area contributed by atoms with Crippen LogP contribution in [0.15, 0.2) is 60.7 Å². The van der Waals surface area contributed by atoms with Gasteiger partial charge in [0.05, 0.1) is 13.2 Å². The molecule has 2 aromatic rings. The Bertz CT molecular complexity index is 827. The molecule has 0 amide bonds. The van der Waals surface area contributed by atoms with Crippen molar-refractivity contribution in [2.45, 2.75) is 50.8 Å². The summed E-state index contributed by atoms with van der Waals surface area (Å²) in [6.45, 7) is 2.85. The maximum Gasteiger partial charge on any atom is 0.303 e. The Morgan fingerprint density at radius 3 is 1.41 bits per heavy atom. The molecule has 8 nitrogen and oxygen atoms in total. The first-order valence-corrected chi connectivity index (χ1v) is 10.5. The Morgan fingerprint density at radius 2 is 1.06 bits per heavy atom. The predicted octanol–water partition coefficient (Wildman–Crippen LogP) is 3.08. The largest absolute Gasteiger partial charge is 0.457 e. The first-order valence-electron chi connectivity index (χ1n) is 10.5. The van der Waals surface area contributed by atoms with Crippen LogP contribution >= 0.6 is 0 Å². The quantitative estimate of drug-likeness (QED) is 0.653. The molecule has 0 bridgehead atoms. The van der Waals surface area contributed by atoms with Crippen molar-refractivity contribution in [3.05, 3.63) is 71.8 Å². The normalized spacial score (nSPS) is 30.3. The molecule has 2 fully saturated rings. The van der Waals surface area contributed by atoms with Crippen LogP contribution in [0.25, 0.3) is 0 Å². The molecule has 32 heavy (non-hydrogen) atoms. The summed E-state index contributed by atoms with van der Waals surface area (Å²) >= 11 is 0. The van der Waals surface area contributed by atoms with Crippen molar-refractivity contribution in [3.63, 3.8) is 0 Å². The summed E-state index contributed by atoms with van der Waals surface area (Å²) < 4.78 is 35.1. The fraction of sp³-hybridized carbons (Fsp3) is 0.417. The number of benzene rings is 2. The maximum atomic E-state index is 11.8. The maximum absolute atomic E-state index is 11.8. The molecule has 2 aromatic carbocycles. The highest BCUT2D eigenvalue weighted by atomic mass is 16.7. The standard InChI is InChI=1S/C24H26O8/c1-15(25)29-19-13-27-23(17-9-5-3-6-10-17)31-21(19)22-20(30-16(2)26)14-28-24(32-22)18-11-7-4-8-12-18/h3-12,19-24H,13-14H2,1-2H3/t19-,20-,21+,22+,23+,24+/m1/s1. The monoisotopic (exact) mass is 442 g/mol. The second-order valence-corrected chi connectivity index (χ2v) is 7.65.